The summed E-state index contributed by atoms with van der Waals surface area (Å²) in [6.45, 7) is 4.04. The molecule has 1 heterocycles. The molecule has 0 aliphatic heterocycles. The predicted molar refractivity (Wildman–Crippen MR) is 66.9 cm³/mol. The first-order valence-electron chi connectivity index (χ1n) is 5.84. The Bertz CT molecular complexity index is 593. The summed E-state index contributed by atoms with van der Waals surface area (Å²) >= 11 is 0. The molecular weight excluding hydrogens is 229 g/mol. The maximum atomic E-state index is 13.8. The molecule has 0 spiro atoms. The summed E-state index contributed by atoms with van der Waals surface area (Å²) in [6, 6.07) is 10.4. The van der Waals surface area contributed by atoms with Crippen molar-refractivity contribution in [2.45, 2.75) is 26.2 Å². The smallest absolute Gasteiger partial charge is 0.148 e. The lowest BCUT2D eigenvalue weighted by atomic mass is 10.1. The van der Waals surface area contributed by atoms with Gasteiger partial charge < -0.3 is 0 Å². The van der Waals surface area contributed by atoms with Crippen LogP contribution in [0.25, 0.3) is 5.69 Å². The van der Waals surface area contributed by atoms with E-state index in [0.717, 1.165) is 5.69 Å². The molecule has 0 aliphatic rings. The average molecular weight is 243 g/mol. The standard InChI is InChI=1S/C14H14FN3/c1-10(2)14-9-11(7-8-16)17-18(14)13-6-4-3-5-12(13)15/h3-6,9-10H,7H2,1-2H3. The zero-order chi connectivity index (χ0) is 13.1. The van der Waals surface area contributed by atoms with Crippen molar-refractivity contribution in [2.24, 2.45) is 0 Å². The van der Waals surface area contributed by atoms with E-state index in [4.69, 9.17) is 5.26 Å². The zero-order valence-electron chi connectivity index (χ0n) is 10.4. The maximum Gasteiger partial charge on any atom is 0.148 e. The number of benzene rings is 1. The number of aromatic nitrogens is 2. The van der Waals surface area contributed by atoms with Crippen LogP contribution in [0.5, 0.6) is 0 Å². The highest BCUT2D eigenvalue weighted by Crippen LogP contribution is 2.22. The third-order valence-electron chi connectivity index (χ3n) is 2.72. The van der Waals surface area contributed by atoms with E-state index >= 15 is 0 Å². The number of para-hydroxylation sites is 1. The summed E-state index contributed by atoms with van der Waals surface area (Å²) in [6.07, 6.45) is 0.237. The van der Waals surface area contributed by atoms with Crippen LogP contribution >= 0.6 is 0 Å². The van der Waals surface area contributed by atoms with E-state index < -0.39 is 0 Å². The van der Waals surface area contributed by atoms with E-state index in [9.17, 15) is 4.39 Å². The van der Waals surface area contributed by atoms with Gasteiger partial charge in [0.15, 0.2) is 0 Å². The third-order valence-corrected chi connectivity index (χ3v) is 2.72. The summed E-state index contributed by atoms with van der Waals surface area (Å²) in [5, 5.41) is 13.0. The first-order chi connectivity index (χ1) is 8.63. The topological polar surface area (TPSA) is 41.6 Å². The van der Waals surface area contributed by atoms with Gasteiger partial charge in [-0.2, -0.15) is 10.4 Å². The molecule has 0 radical (unpaired) electrons. The Balaban J connectivity index is 2.56. The van der Waals surface area contributed by atoms with E-state index in [2.05, 4.69) is 11.2 Å². The van der Waals surface area contributed by atoms with Crippen LogP contribution in [0.2, 0.25) is 0 Å². The average Bonchev–Trinajstić information content (AvgIpc) is 2.74. The van der Waals surface area contributed by atoms with Crippen LogP contribution in [0.15, 0.2) is 30.3 Å². The lowest BCUT2D eigenvalue weighted by molar-refractivity contribution is 0.601. The summed E-state index contributed by atoms with van der Waals surface area (Å²) in [5.74, 6) is -0.101. The van der Waals surface area contributed by atoms with Crippen LogP contribution in [-0.2, 0) is 6.42 Å². The van der Waals surface area contributed by atoms with Crippen molar-refractivity contribution in [1.82, 2.24) is 9.78 Å². The highest BCUT2D eigenvalue weighted by molar-refractivity contribution is 5.36. The fourth-order valence-corrected chi connectivity index (χ4v) is 1.84. The minimum atomic E-state index is -0.314. The Labute approximate surface area is 105 Å². The molecule has 1 aromatic heterocycles. The molecule has 0 atom stereocenters. The fraction of sp³-hybridized carbons (Fsp3) is 0.286. The monoisotopic (exact) mass is 243 g/mol. The molecule has 0 N–H and O–H groups in total. The van der Waals surface area contributed by atoms with Gasteiger partial charge in [-0.1, -0.05) is 26.0 Å². The minimum absolute atomic E-state index is 0.213. The van der Waals surface area contributed by atoms with E-state index in [1.807, 2.05) is 19.9 Å². The van der Waals surface area contributed by atoms with Gasteiger partial charge in [0.25, 0.3) is 0 Å². The van der Waals surface area contributed by atoms with Gasteiger partial charge in [-0.05, 0) is 24.1 Å². The number of rotatable bonds is 3. The van der Waals surface area contributed by atoms with Crippen LogP contribution in [0, 0.1) is 17.1 Å². The second-order valence-electron chi connectivity index (χ2n) is 4.41. The molecule has 1 aromatic carbocycles. The summed E-state index contributed by atoms with van der Waals surface area (Å²) < 4.78 is 15.4. The van der Waals surface area contributed by atoms with Gasteiger partial charge in [-0.25, -0.2) is 9.07 Å². The van der Waals surface area contributed by atoms with Crippen LogP contribution in [-0.4, -0.2) is 9.78 Å². The van der Waals surface area contributed by atoms with Gasteiger partial charge in [0.2, 0.25) is 0 Å². The van der Waals surface area contributed by atoms with Gasteiger partial charge in [-0.15, -0.1) is 0 Å². The largest absolute Gasteiger partial charge is 0.234 e. The van der Waals surface area contributed by atoms with Gasteiger partial charge in [-0.3, -0.25) is 0 Å². The van der Waals surface area contributed by atoms with Crippen molar-refractivity contribution in [2.75, 3.05) is 0 Å². The first kappa shape index (κ1) is 12.3. The van der Waals surface area contributed by atoms with Crippen molar-refractivity contribution in [3.05, 3.63) is 47.5 Å². The van der Waals surface area contributed by atoms with Gasteiger partial charge in [0.05, 0.1) is 18.2 Å². The van der Waals surface area contributed by atoms with Gasteiger partial charge >= 0.3 is 0 Å². The predicted octanol–water partition coefficient (Wildman–Crippen LogP) is 3.20. The Hall–Kier alpha value is -2.15. The summed E-state index contributed by atoms with van der Waals surface area (Å²) in [5.41, 5.74) is 2.00. The molecule has 92 valence electrons. The SMILES string of the molecule is CC(C)c1cc(CC#N)nn1-c1ccccc1F. The number of halogens is 1. The van der Waals surface area contributed by atoms with E-state index in [1.165, 1.54) is 6.07 Å². The summed E-state index contributed by atoms with van der Waals surface area (Å²) in [7, 11) is 0. The highest BCUT2D eigenvalue weighted by Gasteiger charge is 2.14. The molecule has 0 fully saturated rings. The Morgan fingerprint density at radius 3 is 2.72 bits per heavy atom. The van der Waals surface area contributed by atoms with E-state index in [1.54, 1.807) is 22.9 Å². The van der Waals surface area contributed by atoms with Crippen molar-refractivity contribution in [1.29, 1.82) is 5.26 Å². The Morgan fingerprint density at radius 1 is 1.39 bits per heavy atom. The molecule has 3 nitrogen and oxygen atoms in total. The second-order valence-corrected chi connectivity index (χ2v) is 4.41. The lowest BCUT2D eigenvalue weighted by Gasteiger charge is -2.10. The molecule has 2 rings (SSSR count). The van der Waals surface area contributed by atoms with Crippen LogP contribution < -0.4 is 0 Å². The molecule has 0 aliphatic carbocycles. The highest BCUT2D eigenvalue weighted by atomic mass is 19.1. The van der Waals surface area contributed by atoms with Crippen molar-refractivity contribution >= 4 is 0 Å². The molecule has 4 heteroatoms. The lowest BCUT2D eigenvalue weighted by Crippen LogP contribution is -2.05. The van der Waals surface area contributed by atoms with Crippen molar-refractivity contribution in [3.8, 4) is 11.8 Å². The number of hydrogen-bond acceptors (Lipinski definition) is 2. The van der Waals surface area contributed by atoms with Crippen LogP contribution in [0.1, 0.15) is 31.2 Å². The molecule has 2 aromatic rings. The molecule has 0 saturated heterocycles. The van der Waals surface area contributed by atoms with Crippen molar-refractivity contribution < 1.29 is 4.39 Å². The fourth-order valence-electron chi connectivity index (χ4n) is 1.84. The molecular formula is C14H14FN3. The molecule has 0 unspecified atom stereocenters. The maximum absolute atomic E-state index is 13.8. The number of nitriles is 1. The second kappa shape index (κ2) is 5.01. The molecule has 0 bridgehead atoms. The van der Waals surface area contributed by atoms with Crippen LogP contribution in [0.3, 0.4) is 0 Å². The zero-order valence-corrected chi connectivity index (χ0v) is 10.4. The quantitative estimate of drug-likeness (QED) is 0.830. The van der Waals surface area contributed by atoms with Gasteiger partial charge in [0, 0.05) is 5.69 Å². The van der Waals surface area contributed by atoms with Crippen LogP contribution in [0.4, 0.5) is 4.39 Å². The number of nitrogens with zero attached hydrogens (tertiary/aromatic N) is 3. The van der Waals surface area contributed by atoms with Crippen molar-refractivity contribution in [3.63, 3.8) is 0 Å². The minimum Gasteiger partial charge on any atom is -0.234 e. The number of hydrogen-bond donors (Lipinski definition) is 0. The third kappa shape index (κ3) is 2.25. The Morgan fingerprint density at radius 2 is 2.11 bits per heavy atom. The van der Waals surface area contributed by atoms with E-state index in [0.29, 0.717) is 11.4 Å². The normalized spacial score (nSPS) is 10.6. The molecule has 18 heavy (non-hydrogen) atoms. The van der Waals surface area contributed by atoms with Gasteiger partial charge in [0.1, 0.15) is 11.5 Å². The molecule has 0 saturated carbocycles. The first-order valence-corrected chi connectivity index (χ1v) is 5.84. The molecule has 0 amide bonds. The Kier molecular flexibility index (Phi) is 3.42. The summed E-state index contributed by atoms with van der Waals surface area (Å²) in [4.78, 5) is 0. The van der Waals surface area contributed by atoms with E-state index in [-0.39, 0.29) is 18.2 Å².